The Morgan fingerprint density at radius 1 is 1.11 bits per heavy atom. The first-order valence-electron chi connectivity index (χ1n) is 8.57. The quantitative estimate of drug-likeness (QED) is 0.607. The summed E-state index contributed by atoms with van der Waals surface area (Å²) in [6, 6.07) is 3.16. The molecule has 0 unspecified atom stereocenters. The predicted octanol–water partition coefficient (Wildman–Crippen LogP) is 2.97. The standard InChI is InChI=1S/C19H17F2N5O.ClH/c1-26-17(11-8-12(20)10-13(21)9-11)25-15-16(22)23-14(24-18(15)26)4-7-19(27)5-2-3-6-19;/h8-10,27H,2-3,5-6H2,1H3,(H2,22,23,24);1H. The highest BCUT2D eigenvalue weighted by molar-refractivity contribution is 5.86. The number of hydrogen-bond acceptors (Lipinski definition) is 5. The molecule has 6 nitrogen and oxygen atoms in total. The van der Waals surface area contributed by atoms with Crippen molar-refractivity contribution in [2.75, 3.05) is 5.73 Å². The van der Waals surface area contributed by atoms with Crippen LogP contribution in [-0.2, 0) is 7.05 Å². The van der Waals surface area contributed by atoms with Gasteiger partial charge in [-0.05, 0) is 43.7 Å². The largest absolute Gasteiger partial charge is 0.382 e. The molecule has 0 radical (unpaired) electrons. The molecule has 1 aromatic carbocycles. The molecule has 0 saturated heterocycles. The van der Waals surface area contributed by atoms with E-state index in [0.717, 1.165) is 18.9 Å². The molecule has 1 fully saturated rings. The van der Waals surface area contributed by atoms with Gasteiger partial charge in [0.05, 0.1) is 0 Å². The summed E-state index contributed by atoms with van der Waals surface area (Å²) in [6.45, 7) is 0. The molecule has 146 valence electrons. The Bertz CT molecular complexity index is 1090. The number of halogens is 3. The van der Waals surface area contributed by atoms with Crippen LogP contribution in [0, 0.1) is 23.5 Å². The second kappa shape index (κ2) is 7.34. The third-order valence-electron chi connectivity index (χ3n) is 4.70. The summed E-state index contributed by atoms with van der Waals surface area (Å²) in [7, 11) is 1.67. The van der Waals surface area contributed by atoms with E-state index in [-0.39, 0.29) is 29.6 Å². The Kier molecular flexibility index (Phi) is 5.24. The molecule has 0 atom stereocenters. The zero-order valence-corrected chi connectivity index (χ0v) is 15.9. The van der Waals surface area contributed by atoms with E-state index in [4.69, 9.17) is 5.73 Å². The fraction of sp³-hybridized carbons (Fsp3) is 0.316. The van der Waals surface area contributed by atoms with Crippen molar-refractivity contribution in [2.45, 2.75) is 31.3 Å². The second-order valence-corrected chi connectivity index (χ2v) is 6.75. The predicted molar refractivity (Wildman–Crippen MR) is 104 cm³/mol. The van der Waals surface area contributed by atoms with E-state index in [2.05, 4.69) is 26.8 Å². The van der Waals surface area contributed by atoms with Gasteiger partial charge in [-0.3, -0.25) is 0 Å². The van der Waals surface area contributed by atoms with Crippen molar-refractivity contribution < 1.29 is 13.9 Å². The van der Waals surface area contributed by atoms with Crippen molar-refractivity contribution in [3.63, 3.8) is 0 Å². The summed E-state index contributed by atoms with van der Waals surface area (Å²) >= 11 is 0. The number of rotatable bonds is 1. The fourth-order valence-corrected chi connectivity index (χ4v) is 3.34. The minimum Gasteiger partial charge on any atom is -0.382 e. The van der Waals surface area contributed by atoms with Crippen molar-refractivity contribution in [3.05, 3.63) is 35.7 Å². The Hall–Kier alpha value is -2.76. The van der Waals surface area contributed by atoms with Gasteiger partial charge in [-0.15, -0.1) is 12.4 Å². The second-order valence-electron chi connectivity index (χ2n) is 6.75. The van der Waals surface area contributed by atoms with Gasteiger partial charge in [0.1, 0.15) is 23.1 Å². The van der Waals surface area contributed by atoms with E-state index >= 15 is 0 Å². The van der Waals surface area contributed by atoms with E-state index < -0.39 is 17.2 Å². The minimum atomic E-state index is -1.01. The smallest absolute Gasteiger partial charge is 0.209 e. The minimum absolute atomic E-state index is 0. The van der Waals surface area contributed by atoms with Gasteiger partial charge in [0.25, 0.3) is 0 Å². The van der Waals surface area contributed by atoms with Gasteiger partial charge in [-0.25, -0.2) is 23.7 Å². The average Bonchev–Trinajstić information content (AvgIpc) is 3.18. The number of imidazole rings is 1. The van der Waals surface area contributed by atoms with Crippen LogP contribution < -0.4 is 5.73 Å². The van der Waals surface area contributed by atoms with E-state index in [0.29, 0.717) is 29.8 Å². The molecule has 9 heteroatoms. The monoisotopic (exact) mass is 405 g/mol. The highest BCUT2D eigenvalue weighted by atomic mass is 35.5. The number of nitrogens with zero attached hydrogens (tertiary/aromatic N) is 4. The Labute approximate surface area is 166 Å². The van der Waals surface area contributed by atoms with Gasteiger partial charge in [0.15, 0.2) is 17.0 Å². The topological polar surface area (TPSA) is 89.9 Å². The number of fused-ring (bicyclic) bond motifs is 1. The SMILES string of the molecule is Cl.Cn1c(-c2cc(F)cc(F)c2)nc2c(N)nc(C#CC3(O)CCCC3)nc21. The number of aromatic nitrogens is 4. The number of hydrogen-bond donors (Lipinski definition) is 2. The van der Waals surface area contributed by atoms with Gasteiger partial charge >= 0.3 is 0 Å². The normalized spacial score (nSPS) is 15.1. The molecule has 0 aliphatic heterocycles. The van der Waals surface area contributed by atoms with Crippen molar-refractivity contribution in [1.29, 1.82) is 0 Å². The first kappa shape index (κ1) is 20.0. The van der Waals surface area contributed by atoms with Crippen LogP contribution in [0.2, 0.25) is 0 Å². The van der Waals surface area contributed by atoms with Crippen molar-refractivity contribution in [3.8, 4) is 23.2 Å². The van der Waals surface area contributed by atoms with Crippen molar-refractivity contribution in [1.82, 2.24) is 19.5 Å². The van der Waals surface area contributed by atoms with Crippen LogP contribution >= 0.6 is 12.4 Å². The number of aryl methyl sites for hydroxylation is 1. The van der Waals surface area contributed by atoms with Crippen LogP contribution in [0.15, 0.2) is 18.2 Å². The third kappa shape index (κ3) is 3.63. The van der Waals surface area contributed by atoms with Gasteiger partial charge in [0, 0.05) is 18.7 Å². The maximum absolute atomic E-state index is 13.6. The first-order chi connectivity index (χ1) is 12.8. The van der Waals surface area contributed by atoms with Gasteiger partial charge in [0.2, 0.25) is 5.82 Å². The van der Waals surface area contributed by atoms with Crippen LogP contribution in [-0.4, -0.2) is 30.2 Å². The molecule has 4 rings (SSSR count). The maximum atomic E-state index is 13.6. The zero-order valence-electron chi connectivity index (χ0n) is 15.0. The lowest BCUT2D eigenvalue weighted by molar-refractivity contribution is 0.110. The van der Waals surface area contributed by atoms with Gasteiger partial charge < -0.3 is 15.4 Å². The van der Waals surface area contributed by atoms with E-state index in [1.165, 1.54) is 12.1 Å². The molecule has 3 aromatic rings. The molecule has 0 amide bonds. The highest BCUT2D eigenvalue weighted by Gasteiger charge is 2.28. The molecule has 2 aromatic heterocycles. The van der Waals surface area contributed by atoms with E-state index in [1.807, 2.05) is 0 Å². The van der Waals surface area contributed by atoms with Crippen LogP contribution in [0.25, 0.3) is 22.6 Å². The molecule has 28 heavy (non-hydrogen) atoms. The Morgan fingerprint density at radius 2 is 1.75 bits per heavy atom. The highest BCUT2D eigenvalue weighted by Crippen LogP contribution is 2.29. The van der Waals surface area contributed by atoms with Gasteiger partial charge in [-0.2, -0.15) is 0 Å². The van der Waals surface area contributed by atoms with E-state index in [9.17, 15) is 13.9 Å². The molecule has 1 saturated carbocycles. The third-order valence-corrected chi connectivity index (χ3v) is 4.70. The number of nitrogen functional groups attached to an aromatic ring is 1. The summed E-state index contributed by atoms with van der Waals surface area (Å²) in [6.07, 6.45) is 3.11. The van der Waals surface area contributed by atoms with Crippen LogP contribution in [0.1, 0.15) is 31.5 Å². The molecular weight excluding hydrogens is 388 g/mol. The summed E-state index contributed by atoms with van der Waals surface area (Å²) in [4.78, 5) is 12.8. The number of anilines is 1. The Morgan fingerprint density at radius 3 is 2.39 bits per heavy atom. The van der Waals surface area contributed by atoms with Crippen LogP contribution in [0.4, 0.5) is 14.6 Å². The molecule has 0 spiro atoms. The molecular formula is C19H18ClF2N5O. The maximum Gasteiger partial charge on any atom is 0.209 e. The van der Waals surface area contributed by atoms with Crippen LogP contribution in [0.5, 0.6) is 0 Å². The fourth-order valence-electron chi connectivity index (χ4n) is 3.34. The number of aliphatic hydroxyl groups is 1. The number of benzene rings is 1. The van der Waals surface area contributed by atoms with Crippen molar-refractivity contribution >= 4 is 29.4 Å². The van der Waals surface area contributed by atoms with E-state index in [1.54, 1.807) is 11.6 Å². The summed E-state index contributed by atoms with van der Waals surface area (Å²) < 4.78 is 28.7. The van der Waals surface area contributed by atoms with Crippen LogP contribution in [0.3, 0.4) is 0 Å². The lowest BCUT2D eigenvalue weighted by Crippen LogP contribution is -2.20. The summed E-state index contributed by atoms with van der Waals surface area (Å²) in [5.74, 6) is 4.81. The zero-order chi connectivity index (χ0) is 19.2. The summed E-state index contributed by atoms with van der Waals surface area (Å²) in [5, 5.41) is 10.3. The Balaban J connectivity index is 0.00000225. The molecule has 0 bridgehead atoms. The molecule has 1 aliphatic rings. The average molecular weight is 406 g/mol. The molecule has 3 N–H and O–H groups in total. The molecule has 1 aliphatic carbocycles. The number of nitrogens with two attached hydrogens (primary N) is 1. The molecule has 2 heterocycles. The lowest BCUT2D eigenvalue weighted by atomic mass is 10.0. The summed E-state index contributed by atoms with van der Waals surface area (Å²) in [5.41, 5.74) is 5.96. The first-order valence-corrected chi connectivity index (χ1v) is 8.57. The van der Waals surface area contributed by atoms with Crippen molar-refractivity contribution in [2.24, 2.45) is 7.05 Å². The lowest BCUT2D eigenvalue weighted by Gasteiger charge is -2.12. The van der Waals surface area contributed by atoms with Gasteiger partial charge in [-0.1, -0.05) is 5.92 Å².